The van der Waals surface area contributed by atoms with Crippen LogP contribution < -0.4 is 0 Å². The second-order valence-electron chi connectivity index (χ2n) is 5.41. The highest BCUT2D eigenvalue weighted by molar-refractivity contribution is 7.91. The number of carbonyl (C=O) groups excluding carboxylic acids is 1. The summed E-state index contributed by atoms with van der Waals surface area (Å²) in [6.45, 7) is 4.81. The van der Waals surface area contributed by atoms with Gasteiger partial charge in [-0.25, -0.2) is 8.42 Å². The molecule has 0 aromatic heterocycles. The molecule has 4 nitrogen and oxygen atoms in total. The fourth-order valence-electron chi connectivity index (χ4n) is 2.61. The Morgan fingerprint density at radius 2 is 2.06 bits per heavy atom. The lowest BCUT2D eigenvalue weighted by molar-refractivity contribution is -0.134. The fourth-order valence-corrected chi connectivity index (χ4v) is 4.34. The number of carbonyl (C=O) groups is 1. The first-order valence-corrected chi connectivity index (χ1v) is 8.27. The SMILES string of the molecule is CCCN(C(=O)C1CC1C)C1CCS(=O)(=O)C1. The Labute approximate surface area is 103 Å². The zero-order valence-electron chi connectivity index (χ0n) is 10.6. The molecule has 0 N–H and O–H groups in total. The Bertz CT molecular complexity index is 404. The van der Waals surface area contributed by atoms with Crippen molar-refractivity contribution in [2.75, 3.05) is 18.1 Å². The van der Waals surface area contributed by atoms with E-state index in [4.69, 9.17) is 0 Å². The molecule has 1 aliphatic heterocycles. The van der Waals surface area contributed by atoms with E-state index in [0.717, 1.165) is 12.8 Å². The highest BCUT2D eigenvalue weighted by Gasteiger charge is 2.44. The molecule has 2 fully saturated rings. The Balaban J connectivity index is 2.04. The Morgan fingerprint density at radius 3 is 2.47 bits per heavy atom. The van der Waals surface area contributed by atoms with E-state index in [1.165, 1.54) is 0 Å². The number of nitrogens with zero attached hydrogens (tertiary/aromatic N) is 1. The lowest BCUT2D eigenvalue weighted by atomic mass is 10.1. The quantitative estimate of drug-likeness (QED) is 0.759. The average molecular weight is 259 g/mol. The van der Waals surface area contributed by atoms with Gasteiger partial charge in [0.15, 0.2) is 9.84 Å². The second-order valence-corrected chi connectivity index (χ2v) is 7.64. The third kappa shape index (κ3) is 2.81. The van der Waals surface area contributed by atoms with Crippen LogP contribution in [0, 0.1) is 11.8 Å². The minimum absolute atomic E-state index is 0.0692. The van der Waals surface area contributed by atoms with Crippen LogP contribution in [0.1, 0.15) is 33.1 Å². The van der Waals surface area contributed by atoms with E-state index in [1.807, 2.05) is 11.8 Å². The molecule has 0 aromatic rings. The van der Waals surface area contributed by atoms with E-state index in [-0.39, 0.29) is 29.4 Å². The van der Waals surface area contributed by atoms with Crippen LogP contribution in [-0.4, -0.2) is 43.3 Å². The third-order valence-electron chi connectivity index (χ3n) is 3.82. The summed E-state index contributed by atoms with van der Waals surface area (Å²) in [7, 11) is -2.91. The molecule has 3 atom stereocenters. The van der Waals surface area contributed by atoms with Gasteiger partial charge in [0.2, 0.25) is 5.91 Å². The maximum Gasteiger partial charge on any atom is 0.226 e. The number of hydrogen-bond donors (Lipinski definition) is 0. The molecule has 0 aromatic carbocycles. The molecule has 98 valence electrons. The second kappa shape index (κ2) is 4.59. The van der Waals surface area contributed by atoms with E-state index in [9.17, 15) is 13.2 Å². The van der Waals surface area contributed by atoms with Crippen LogP contribution >= 0.6 is 0 Å². The molecule has 1 amide bonds. The molecule has 2 aliphatic rings. The van der Waals surface area contributed by atoms with Gasteiger partial charge in [-0.1, -0.05) is 13.8 Å². The van der Waals surface area contributed by atoms with Crippen LogP contribution in [0.5, 0.6) is 0 Å². The van der Waals surface area contributed by atoms with Crippen LogP contribution in [0.3, 0.4) is 0 Å². The highest BCUT2D eigenvalue weighted by Crippen LogP contribution is 2.40. The van der Waals surface area contributed by atoms with E-state index in [0.29, 0.717) is 18.9 Å². The molecular weight excluding hydrogens is 238 g/mol. The Kier molecular flexibility index (Phi) is 3.48. The summed E-state index contributed by atoms with van der Waals surface area (Å²) in [5.74, 6) is 1.23. The number of amides is 1. The molecule has 0 spiro atoms. The van der Waals surface area contributed by atoms with Crippen LogP contribution in [0.4, 0.5) is 0 Å². The predicted molar refractivity (Wildman–Crippen MR) is 66.3 cm³/mol. The van der Waals surface area contributed by atoms with Crippen LogP contribution in [0.2, 0.25) is 0 Å². The summed E-state index contributed by atoms with van der Waals surface area (Å²) in [4.78, 5) is 14.1. The molecule has 1 aliphatic carbocycles. The van der Waals surface area contributed by atoms with Gasteiger partial charge in [0.25, 0.3) is 0 Å². The molecule has 1 heterocycles. The zero-order valence-corrected chi connectivity index (χ0v) is 11.4. The van der Waals surface area contributed by atoms with Crippen molar-refractivity contribution in [2.45, 2.75) is 39.2 Å². The first kappa shape index (κ1) is 12.9. The number of rotatable bonds is 4. The largest absolute Gasteiger partial charge is 0.338 e. The van der Waals surface area contributed by atoms with Gasteiger partial charge in [-0.15, -0.1) is 0 Å². The minimum atomic E-state index is -2.91. The maximum atomic E-state index is 12.2. The minimum Gasteiger partial charge on any atom is -0.338 e. The van der Waals surface area contributed by atoms with Gasteiger partial charge < -0.3 is 4.90 Å². The van der Waals surface area contributed by atoms with E-state index in [2.05, 4.69) is 6.92 Å². The topological polar surface area (TPSA) is 54.5 Å². The van der Waals surface area contributed by atoms with Crippen molar-refractivity contribution in [1.29, 1.82) is 0 Å². The highest BCUT2D eigenvalue weighted by atomic mass is 32.2. The van der Waals surface area contributed by atoms with Crippen LogP contribution in [-0.2, 0) is 14.6 Å². The van der Waals surface area contributed by atoms with Gasteiger partial charge in [-0.2, -0.15) is 0 Å². The van der Waals surface area contributed by atoms with Crippen molar-refractivity contribution in [2.24, 2.45) is 11.8 Å². The molecule has 1 saturated heterocycles. The summed E-state index contributed by atoms with van der Waals surface area (Å²) in [6, 6.07) is -0.0692. The van der Waals surface area contributed by atoms with Crippen LogP contribution in [0.25, 0.3) is 0 Å². The maximum absolute atomic E-state index is 12.2. The molecule has 0 radical (unpaired) electrons. The molecule has 1 saturated carbocycles. The van der Waals surface area contributed by atoms with Crippen molar-refractivity contribution >= 4 is 15.7 Å². The Morgan fingerprint density at radius 1 is 1.41 bits per heavy atom. The zero-order chi connectivity index (χ0) is 12.6. The predicted octanol–water partition coefficient (Wildman–Crippen LogP) is 1.07. The van der Waals surface area contributed by atoms with Crippen molar-refractivity contribution in [1.82, 2.24) is 4.90 Å². The number of hydrogen-bond acceptors (Lipinski definition) is 3. The molecule has 2 rings (SSSR count). The van der Waals surface area contributed by atoms with E-state index in [1.54, 1.807) is 0 Å². The lowest BCUT2D eigenvalue weighted by Crippen LogP contribution is -2.42. The molecular formula is C12H21NO3S. The first-order valence-electron chi connectivity index (χ1n) is 6.45. The summed E-state index contributed by atoms with van der Waals surface area (Å²) in [5.41, 5.74) is 0. The van der Waals surface area contributed by atoms with Crippen molar-refractivity contribution in [3.8, 4) is 0 Å². The third-order valence-corrected chi connectivity index (χ3v) is 5.57. The molecule has 0 bridgehead atoms. The van der Waals surface area contributed by atoms with Gasteiger partial charge >= 0.3 is 0 Å². The van der Waals surface area contributed by atoms with Gasteiger partial charge in [0, 0.05) is 18.5 Å². The van der Waals surface area contributed by atoms with Crippen molar-refractivity contribution < 1.29 is 13.2 Å². The van der Waals surface area contributed by atoms with E-state index < -0.39 is 9.84 Å². The monoisotopic (exact) mass is 259 g/mol. The summed E-state index contributed by atoms with van der Waals surface area (Å²) >= 11 is 0. The Hall–Kier alpha value is -0.580. The average Bonchev–Trinajstić information content (AvgIpc) is 2.87. The molecule has 17 heavy (non-hydrogen) atoms. The lowest BCUT2D eigenvalue weighted by Gasteiger charge is -2.28. The fraction of sp³-hybridized carbons (Fsp3) is 0.917. The van der Waals surface area contributed by atoms with Gasteiger partial charge in [-0.05, 0) is 25.2 Å². The normalized spacial score (nSPS) is 34.6. The first-order chi connectivity index (χ1) is 7.94. The smallest absolute Gasteiger partial charge is 0.226 e. The van der Waals surface area contributed by atoms with Crippen LogP contribution in [0.15, 0.2) is 0 Å². The summed E-state index contributed by atoms with van der Waals surface area (Å²) in [5, 5.41) is 0. The molecule has 3 unspecified atom stereocenters. The standard InChI is InChI=1S/C12H21NO3S/c1-3-5-13(12(14)11-7-9(11)2)10-4-6-17(15,16)8-10/h9-11H,3-8H2,1-2H3. The summed E-state index contributed by atoms with van der Waals surface area (Å²) < 4.78 is 23.0. The van der Waals surface area contributed by atoms with Gasteiger partial charge in [0.05, 0.1) is 11.5 Å². The summed E-state index contributed by atoms with van der Waals surface area (Å²) in [6.07, 6.45) is 2.48. The van der Waals surface area contributed by atoms with E-state index >= 15 is 0 Å². The van der Waals surface area contributed by atoms with Crippen molar-refractivity contribution in [3.63, 3.8) is 0 Å². The van der Waals surface area contributed by atoms with Gasteiger partial charge in [-0.3, -0.25) is 4.79 Å². The van der Waals surface area contributed by atoms with Crippen molar-refractivity contribution in [3.05, 3.63) is 0 Å². The van der Waals surface area contributed by atoms with Gasteiger partial charge in [0.1, 0.15) is 0 Å². The molecule has 5 heteroatoms. The number of sulfone groups is 1.